The Morgan fingerprint density at radius 3 is 1.80 bits per heavy atom. The smallest absolute Gasteiger partial charge is 0.189 e. The Labute approximate surface area is 179 Å². The van der Waals surface area contributed by atoms with E-state index < -0.39 is 14.6 Å². The van der Waals surface area contributed by atoms with Gasteiger partial charge in [0, 0.05) is 5.92 Å². The van der Waals surface area contributed by atoms with Gasteiger partial charge in [0.2, 0.25) is 0 Å². The second kappa shape index (κ2) is 7.70. The van der Waals surface area contributed by atoms with Crippen molar-refractivity contribution >= 4 is 9.84 Å². The normalized spacial score (nSPS) is 26.9. The summed E-state index contributed by atoms with van der Waals surface area (Å²) in [6.45, 7) is 0. The van der Waals surface area contributed by atoms with Gasteiger partial charge in [0.25, 0.3) is 0 Å². The molecule has 2 saturated carbocycles. The van der Waals surface area contributed by atoms with Crippen LogP contribution in [-0.4, -0.2) is 8.42 Å². The molecular weight excluding hydrogens is 388 g/mol. The fourth-order valence-electron chi connectivity index (χ4n) is 5.99. The zero-order chi connectivity index (χ0) is 20.6. The minimum absolute atomic E-state index is 0.00518. The first-order valence-corrected chi connectivity index (χ1v) is 12.6. The maximum atomic E-state index is 14.4. The summed E-state index contributed by atoms with van der Waals surface area (Å²) in [5.74, 6) is 0.560. The van der Waals surface area contributed by atoms with E-state index in [1.807, 2.05) is 66.7 Å². The molecule has 0 radical (unpaired) electrons. The van der Waals surface area contributed by atoms with Gasteiger partial charge in [-0.3, -0.25) is 0 Å². The summed E-state index contributed by atoms with van der Waals surface area (Å²) in [7, 11) is -3.58. The zero-order valence-corrected chi connectivity index (χ0v) is 18.0. The van der Waals surface area contributed by atoms with Crippen molar-refractivity contribution in [3.8, 4) is 0 Å². The van der Waals surface area contributed by atoms with Gasteiger partial charge in [0.1, 0.15) is 4.75 Å². The Balaban J connectivity index is 1.74. The lowest BCUT2D eigenvalue weighted by Gasteiger charge is -2.26. The van der Waals surface area contributed by atoms with E-state index in [1.165, 1.54) is 19.3 Å². The first kappa shape index (κ1) is 19.6. The third-order valence-electron chi connectivity index (χ3n) is 7.25. The summed E-state index contributed by atoms with van der Waals surface area (Å²) < 4.78 is 27.8. The van der Waals surface area contributed by atoms with Crippen molar-refractivity contribution in [1.29, 1.82) is 0 Å². The first-order chi connectivity index (χ1) is 14.7. The molecule has 0 N–H and O–H groups in total. The molecule has 0 amide bonds. The maximum Gasteiger partial charge on any atom is 0.189 e. The third-order valence-corrected chi connectivity index (χ3v) is 9.79. The van der Waals surface area contributed by atoms with Crippen LogP contribution in [0.4, 0.5) is 0 Å². The fraction of sp³-hybridized carbons (Fsp3) is 0.333. The molecular formula is C27H28O2S. The van der Waals surface area contributed by atoms with E-state index in [1.54, 1.807) is 12.1 Å². The Morgan fingerprint density at radius 2 is 1.20 bits per heavy atom. The molecule has 2 nitrogen and oxygen atoms in total. The van der Waals surface area contributed by atoms with Crippen molar-refractivity contribution in [3.05, 3.63) is 102 Å². The summed E-state index contributed by atoms with van der Waals surface area (Å²) in [6, 6.07) is 29.4. The standard InChI is InChI=1S/C27H28O2S/c28-30(29,24-19-11-4-12-20-24)27(23-17-9-3-10-18-23)25(21-13-5-1-6-14-21)26(27)22-15-7-2-8-16-22/h1,3-6,9-14,17-20,22,25-26H,2,7-8,15-16H2/t25-,26?,27+/m0/s1. The second-order valence-corrected chi connectivity index (χ2v) is 10.9. The van der Waals surface area contributed by atoms with Crippen molar-refractivity contribution in [2.75, 3.05) is 0 Å². The van der Waals surface area contributed by atoms with Crippen LogP contribution in [0.5, 0.6) is 0 Å². The molecule has 0 spiro atoms. The molecule has 5 rings (SSSR count). The minimum Gasteiger partial charge on any atom is -0.223 e. The van der Waals surface area contributed by atoms with Crippen molar-refractivity contribution in [2.24, 2.45) is 11.8 Å². The second-order valence-electron chi connectivity index (χ2n) is 8.79. The lowest BCUT2D eigenvalue weighted by molar-refractivity contribution is 0.309. The zero-order valence-electron chi connectivity index (χ0n) is 17.2. The van der Waals surface area contributed by atoms with Gasteiger partial charge in [-0.25, -0.2) is 8.42 Å². The fourth-order valence-corrected chi connectivity index (χ4v) is 8.58. The lowest BCUT2D eigenvalue weighted by Crippen LogP contribution is -2.27. The Hall–Kier alpha value is -2.39. The predicted molar refractivity (Wildman–Crippen MR) is 121 cm³/mol. The topological polar surface area (TPSA) is 34.1 Å². The number of hydrogen-bond acceptors (Lipinski definition) is 2. The highest BCUT2D eigenvalue weighted by Crippen LogP contribution is 2.73. The molecule has 2 fully saturated rings. The quantitative estimate of drug-likeness (QED) is 0.486. The van der Waals surface area contributed by atoms with Crippen molar-refractivity contribution in [1.82, 2.24) is 0 Å². The Kier molecular flexibility index (Phi) is 5.02. The van der Waals surface area contributed by atoms with Gasteiger partial charge in [0.15, 0.2) is 9.84 Å². The van der Waals surface area contributed by atoms with Crippen LogP contribution < -0.4 is 0 Å². The van der Waals surface area contributed by atoms with Crippen molar-refractivity contribution in [3.63, 3.8) is 0 Å². The summed E-state index contributed by atoms with van der Waals surface area (Å²) in [6.07, 6.45) is 5.95. The summed E-state index contributed by atoms with van der Waals surface area (Å²) in [5.41, 5.74) is 2.09. The lowest BCUT2D eigenvalue weighted by atomic mass is 9.83. The third kappa shape index (κ3) is 2.94. The van der Waals surface area contributed by atoms with Gasteiger partial charge < -0.3 is 0 Å². The highest BCUT2D eigenvalue weighted by atomic mass is 32.2. The van der Waals surface area contributed by atoms with Gasteiger partial charge in [0.05, 0.1) is 4.90 Å². The number of hydrogen-bond donors (Lipinski definition) is 0. The summed E-state index contributed by atoms with van der Waals surface area (Å²) in [5, 5.41) is 0. The van der Waals surface area contributed by atoms with Crippen LogP contribution in [0.25, 0.3) is 0 Å². The first-order valence-electron chi connectivity index (χ1n) is 11.1. The van der Waals surface area contributed by atoms with E-state index in [0.29, 0.717) is 10.8 Å². The highest BCUT2D eigenvalue weighted by Gasteiger charge is 2.75. The molecule has 0 heterocycles. The van der Waals surface area contributed by atoms with E-state index in [-0.39, 0.29) is 11.8 Å². The molecule has 30 heavy (non-hydrogen) atoms. The minimum atomic E-state index is -3.58. The van der Waals surface area contributed by atoms with E-state index in [9.17, 15) is 8.42 Å². The van der Waals surface area contributed by atoms with Crippen molar-refractivity contribution < 1.29 is 8.42 Å². The molecule has 3 aromatic rings. The molecule has 1 unspecified atom stereocenters. The molecule has 0 saturated heterocycles. The van der Waals surface area contributed by atoms with E-state index in [0.717, 1.165) is 24.0 Å². The monoisotopic (exact) mass is 416 g/mol. The van der Waals surface area contributed by atoms with Crippen LogP contribution in [0.15, 0.2) is 95.9 Å². The molecule has 3 aromatic carbocycles. The molecule has 154 valence electrons. The molecule has 0 aliphatic heterocycles. The average molecular weight is 417 g/mol. The van der Waals surface area contributed by atoms with Crippen LogP contribution in [-0.2, 0) is 14.6 Å². The van der Waals surface area contributed by atoms with Crippen LogP contribution in [0.1, 0.15) is 49.1 Å². The predicted octanol–water partition coefficient (Wildman–Crippen LogP) is 6.35. The summed E-state index contributed by atoms with van der Waals surface area (Å²) >= 11 is 0. The molecule has 3 atom stereocenters. The Morgan fingerprint density at radius 1 is 0.667 bits per heavy atom. The number of rotatable bonds is 5. The molecule has 3 heteroatoms. The van der Waals surface area contributed by atoms with Crippen LogP contribution in [0.3, 0.4) is 0 Å². The van der Waals surface area contributed by atoms with Gasteiger partial charge >= 0.3 is 0 Å². The van der Waals surface area contributed by atoms with Gasteiger partial charge in [-0.1, -0.05) is 111 Å². The molecule has 0 aromatic heterocycles. The largest absolute Gasteiger partial charge is 0.223 e. The Bertz CT molecular complexity index is 1090. The van der Waals surface area contributed by atoms with Crippen molar-refractivity contribution in [2.45, 2.75) is 47.7 Å². The SMILES string of the molecule is O=S(=O)(c1ccccc1)[C@@]1(c2ccccc2)C(C2CCCCC2)[C@@H]1c1ccccc1. The highest BCUT2D eigenvalue weighted by molar-refractivity contribution is 7.92. The van der Waals surface area contributed by atoms with Gasteiger partial charge in [-0.05, 0) is 35.1 Å². The number of benzene rings is 3. The molecule has 0 bridgehead atoms. The maximum absolute atomic E-state index is 14.4. The average Bonchev–Trinajstić information content (AvgIpc) is 3.54. The van der Waals surface area contributed by atoms with Crippen LogP contribution >= 0.6 is 0 Å². The van der Waals surface area contributed by atoms with Crippen LogP contribution in [0.2, 0.25) is 0 Å². The van der Waals surface area contributed by atoms with Gasteiger partial charge in [-0.2, -0.15) is 0 Å². The molecule has 2 aliphatic carbocycles. The number of sulfone groups is 1. The van der Waals surface area contributed by atoms with Gasteiger partial charge in [-0.15, -0.1) is 0 Å². The van der Waals surface area contributed by atoms with E-state index in [4.69, 9.17) is 0 Å². The van der Waals surface area contributed by atoms with E-state index in [2.05, 4.69) is 12.1 Å². The molecule has 2 aliphatic rings. The van der Waals surface area contributed by atoms with E-state index >= 15 is 0 Å². The summed E-state index contributed by atoms with van der Waals surface area (Å²) in [4.78, 5) is 0.438. The van der Waals surface area contributed by atoms with Crippen LogP contribution in [0, 0.1) is 11.8 Å².